The highest BCUT2D eigenvalue weighted by Crippen LogP contribution is 2.34. The number of anilines is 1. The fourth-order valence-corrected chi connectivity index (χ4v) is 6.75. The van der Waals surface area contributed by atoms with Gasteiger partial charge in [0.1, 0.15) is 0 Å². The number of sulfonamides is 1. The topological polar surface area (TPSA) is 124 Å². The van der Waals surface area contributed by atoms with E-state index >= 15 is 0 Å². The minimum absolute atomic E-state index is 0.00587. The van der Waals surface area contributed by atoms with Gasteiger partial charge >= 0.3 is 0 Å². The normalized spacial score (nSPS) is 14.3. The van der Waals surface area contributed by atoms with E-state index in [9.17, 15) is 13.2 Å². The number of pyridine rings is 1. The van der Waals surface area contributed by atoms with Gasteiger partial charge in [-0.2, -0.15) is 0 Å². The Labute approximate surface area is 225 Å². The molecule has 10 nitrogen and oxygen atoms in total. The number of benzene rings is 2. The molecule has 2 aromatic carbocycles. The molecule has 200 valence electrons. The second-order valence-corrected chi connectivity index (χ2v) is 11.9. The molecule has 2 heterocycles. The number of amides is 1. The second kappa shape index (κ2) is 10.8. The van der Waals surface area contributed by atoms with Gasteiger partial charge in [-0.1, -0.05) is 24.6 Å². The van der Waals surface area contributed by atoms with Gasteiger partial charge in [0.15, 0.2) is 22.3 Å². The van der Waals surface area contributed by atoms with Gasteiger partial charge in [-0.15, -0.1) is 10.2 Å². The number of hydrogen-bond acceptors (Lipinski definition) is 8. The van der Waals surface area contributed by atoms with Gasteiger partial charge in [0.25, 0.3) is 0 Å². The maximum absolute atomic E-state index is 12.7. The molecular formula is C26H29N5O5S2. The molecule has 1 amide bonds. The van der Waals surface area contributed by atoms with Crippen molar-refractivity contribution in [1.29, 1.82) is 0 Å². The molecular weight excluding hydrogens is 526 g/mol. The third-order valence-corrected chi connectivity index (χ3v) is 9.05. The minimum Gasteiger partial charge on any atom is -0.493 e. The van der Waals surface area contributed by atoms with E-state index in [1.807, 2.05) is 29.5 Å². The van der Waals surface area contributed by atoms with Crippen LogP contribution < -0.4 is 19.5 Å². The van der Waals surface area contributed by atoms with E-state index in [-0.39, 0.29) is 22.6 Å². The summed E-state index contributed by atoms with van der Waals surface area (Å²) in [6.07, 6.45) is 3.81. The highest BCUT2D eigenvalue weighted by molar-refractivity contribution is 7.99. The van der Waals surface area contributed by atoms with Crippen LogP contribution in [0.25, 0.3) is 16.6 Å². The van der Waals surface area contributed by atoms with Crippen LogP contribution in [0.4, 0.5) is 5.69 Å². The number of carbonyl (C=O) groups excluding carboxylic acids is 1. The predicted molar refractivity (Wildman–Crippen MR) is 147 cm³/mol. The Kier molecular flexibility index (Phi) is 7.46. The van der Waals surface area contributed by atoms with Gasteiger partial charge in [0, 0.05) is 23.2 Å². The number of aromatic nitrogens is 3. The number of fused-ring (bicyclic) bond motifs is 3. The quantitative estimate of drug-likeness (QED) is 0.295. The number of ether oxygens (including phenoxy) is 2. The van der Waals surface area contributed by atoms with Crippen molar-refractivity contribution in [3.8, 4) is 11.5 Å². The average molecular weight is 556 g/mol. The predicted octanol–water partition coefficient (Wildman–Crippen LogP) is 4.16. The number of carbonyl (C=O) groups is 1. The fraction of sp³-hybridized carbons (Fsp3) is 0.346. The molecule has 0 bridgehead atoms. The summed E-state index contributed by atoms with van der Waals surface area (Å²) in [5.74, 6) is 1.04. The third-order valence-electron chi connectivity index (χ3n) is 6.59. The summed E-state index contributed by atoms with van der Waals surface area (Å²) in [7, 11) is -0.413. The second-order valence-electron chi connectivity index (χ2n) is 9.20. The standard InChI is InChI=1S/C26H29N5O5S2/c1-16-12-17-13-22(35-2)23(36-3)14-21(17)31-25(16)28-29-26(31)37-15-24(32)27-18-8-10-20(11-9-18)38(33,34)30-19-6-4-5-7-19/h8-14,19,30H,4-7,15H2,1-3H3,(H,27,32). The van der Waals surface area contributed by atoms with Crippen molar-refractivity contribution in [3.05, 3.63) is 48.0 Å². The van der Waals surface area contributed by atoms with Crippen molar-refractivity contribution in [3.63, 3.8) is 0 Å². The summed E-state index contributed by atoms with van der Waals surface area (Å²) in [5.41, 5.74) is 2.97. The average Bonchev–Trinajstić information content (AvgIpc) is 3.57. The highest BCUT2D eigenvalue weighted by Gasteiger charge is 2.23. The number of rotatable bonds is 9. The Morgan fingerprint density at radius 2 is 1.74 bits per heavy atom. The Morgan fingerprint density at radius 1 is 1.05 bits per heavy atom. The van der Waals surface area contributed by atoms with Crippen LogP contribution in [0, 0.1) is 6.92 Å². The van der Waals surface area contributed by atoms with Gasteiger partial charge in [-0.3, -0.25) is 9.20 Å². The Morgan fingerprint density at radius 3 is 2.42 bits per heavy atom. The highest BCUT2D eigenvalue weighted by atomic mass is 32.2. The summed E-state index contributed by atoms with van der Waals surface area (Å²) in [4.78, 5) is 12.9. The maximum Gasteiger partial charge on any atom is 0.240 e. The lowest BCUT2D eigenvalue weighted by molar-refractivity contribution is -0.113. The van der Waals surface area contributed by atoms with Crippen LogP contribution in [0.15, 0.2) is 52.5 Å². The van der Waals surface area contributed by atoms with Gasteiger partial charge in [-0.05, 0) is 61.7 Å². The van der Waals surface area contributed by atoms with Crippen LogP contribution in [0.2, 0.25) is 0 Å². The maximum atomic E-state index is 12.7. The van der Waals surface area contributed by atoms with Crippen LogP contribution >= 0.6 is 11.8 Å². The van der Waals surface area contributed by atoms with Gasteiger partial charge in [0.2, 0.25) is 15.9 Å². The van der Waals surface area contributed by atoms with Crippen molar-refractivity contribution >= 4 is 49.9 Å². The summed E-state index contributed by atoms with van der Waals surface area (Å²) in [6, 6.07) is 12.0. The molecule has 0 atom stereocenters. The van der Waals surface area contributed by atoms with Crippen LogP contribution in [0.5, 0.6) is 11.5 Å². The van der Waals surface area contributed by atoms with E-state index in [1.54, 1.807) is 26.4 Å². The summed E-state index contributed by atoms with van der Waals surface area (Å²) >= 11 is 1.26. The lowest BCUT2D eigenvalue weighted by atomic mass is 10.1. The summed E-state index contributed by atoms with van der Waals surface area (Å²) < 4.78 is 40.8. The molecule has 2 N–H and O–H groups in total. The Balaban J connectivity index is 1.30. The largest absolute Gasteiger partial charge is 0.493 e. The molecule has 1 fully saturated rings. The molecule has 0 saturated heterocycles. The van der Waals surface area contributed by atoms with Crippen molar-refractivity contribution in [2.75, 3.05) is 25.3 Å². The molecule has 5 rings (SSSR count). The first-order chi connectivity index (χ1) is 18.3. The molecule has 0 aliphatic heterocycles. The summed E-state index contributed by atoms with van der Waals surface area (Å²) in [6.45, 7) is 1.95. The van der Waals surface area contributed by atoms with E-state index in [4.69, 9.17) is 9.47 Å². The number of aryl methyl sites for hydroxylation is 1. The van der Waals surface area contributed by atoms with E-state index in [0.717, 1.165) is 42.1 Å². The molecule has 1 aliphatic carbocycles. The molecule has 2 aromatic heterocycles. The zero-order valence-electron chi connectivity index (χ0n) is 21.4. The van der Waals surface area contributed by atoms with Crippen molar-refractivity contribution in [1.82, 2.24) is 19.3 Å². The molecule has 1 aliphatic rings. The van der Waals surface area contributed by atoms with Crippen LogP contribution in [0.1, 0.15) is 31.2 Å². The molecule has 38 heavy (non-hydrogen) atoms. The van der Waals surface area contributed by atoms with Crippen molar-refractivity contribution < 1.29 is 22.7 Å². The van der Waals surface area contributed by atoms with E-state index in [0.29, 0.717) is 28.0 Å². The summed E-state index contributed by atoms with van der Waals surface area (Å²) in [5, 5.41) is 12.9. The Hall–Kier alpha value is -3.35. The number of methoxy groups -OCH3 is 2. The molecule has 12 heteroatoms. The monoisotopic (exact) mass is 555 g/mol. The zero-order chi connectivity index (χ0) is 26.9. The number of hydrogen-bond donors (Lipinski definition) is 2. The molecule has 0 unspecified atom stereocenters. The first-order valence-electron chi connectivity index (χ1n) is 12.2. The van der Waals surface area contributed by atoms with Gasteiger partial charge < -0.3 is 14.8 Å². The molecule has 1 saturated carbocycles. The van der Waals surface area contributed by atoms with Gasteiger partial charge in [-0.25, -0.2) is 13.1 Å². The van der Waals surface area contributed by atoms with E-state index in [2.05, 4.69) is 20.2 Å². The molecule has 0 spiro atoms. The lowest BCUT2D eigenvalue weighted by Gasteiger charge is -2.13. The van der Waals surface area contributed by atoms with Crippen molar-refractivity contribution in [2.24, 2.45) is 0 Å². The van der Waals surface area contributed by atoms with Crippen LogP contribution in [0.3, 0.4) is 0 Å². The smallest absolute Gasteiger partial charge is 0.240 e. The Bertz CT molecular complexity index is 1600. The van der Waals surface area contributed by atoms with E-state index in [1.165, 1.54) is 23.9 Å². The van der Waals surface area contributed by atoms with Crippen molar-refractivity contribution in [2.45, 2.75) is 48.7 Å². The van der Waals surface area contributed by atoms with Crippen LogP contribution in [-0.2, 0) is 14.8 Å². The first kappa shape index (κ1) is 26.3. The molecule has 0 radical (unpaired) electrons. The molecule has 4 aromatic rings. The zero-order valence-corrected chi connectivity index (χ0v) is 23.0. The SMILES string of the molecule is COc1cc2cc(C)c3nnc(SCC(=O)Nc4ccc(S(=O)(=O)NC5CCCC5)cc4)n3c2cc1OC. The fourth-order valence-electron chi connectivity index (χ4n) is 4.70. The third kappa shape index (κ3) is 5.29. The number of nitrogens with zero attached hydrogens (tertiary/aromatic N) is 3. The van der Waals surface area contributed by atoms with E-state index < -0.39 is 10.0 Å². The minimum atomic E-state index is -3.58. The lowest BCUT2D eigenvalue weighted by Crippen LogP contribution is -2.32. The van der Waals surface area contributed by atoms with Crippen LogP contribution in [-0.4, -0.2) is 54.9 Å². The number of nitrogens with one attached hydrogen (secondary N) is 2. The number of thioether (sulfide) groups is 1. The first-order valence-corrected chi connectivity index (χ1v) is 14.7. The van der Waals surface area contributed by atoms with Gasteiger partial charge in [0.05, 0.1) is 30.4 Å².